The van der Waals surface area contributed by atoms with E-state index in [2.05, 4.69) is 5.32 Å². The van der Waals surface area contributed by atoms with Crippen LogP contribution in [0.15, 0.2) is 12.1 Å². The first kappa shape index (κ1) is 11.6. The van der Waals surface area contributed by atoms with Crippen molar-refractivity contribution in [2.24, 2.45) is 0 Å². The molecule has 1 aliphatic heterocycles. The molecule has 1 aliphatic rings. The van der Waals surface area contributed by atoms with Gasteiger partial charge >= 0.3 is 5.97 Å². The van der Waals surface area contributed by atoms with E-state index < -0.39 is 0 Å². The van der Waals surface area contributed by atoms with Crippen LogP contribution in [0.2, 0.25) is 0 Å². The molecule has 1 aromatic rings. The molecular weight excluding hydrogens is 222 g/mol. The predicted octanol–water partition coefficient (Wildman–Crippen LogP) is 1.21. The third-order valence-corrected chi connectivity index (χ3v) is 2.87. The number of ether oxygens (including phenoxy) is 3. The minimum absolute atomic E-state index is 0.276. The largest absolute Gasteiger partial charge is 0.493 e. The van der Waals surface area contributed by atoms with E-state index in [1.807, 2.05) is 12.1 Å². The summed E-state index contributed by atoms with van der Waals surface area (Å²) < 4.78 is 15.3. The van der Waals surface area contributed by atoms with Gasteiger partial charge in [-0.2, -0.15) is 0 Å². The van der Waals surface area contributed by atoms with Crippen molar-refractivity contribution in [2.75, 3.05) is 26.6 Å². The Morgan fingerprint density at radius 3 is 2.65 bits per heavy atom. The van der Waals surface area contributed by atoms with Crippen molar-refractivity contribution in [1.29, 1.82) is 0 Å². The lowest BCUT2D eigenvalue weighted by Crippen LogP contribution is -2.27. The molecule has 0 unspecified atom stereocenters. The summed E-state index contributed by atoms with van der Waals surface area (Å²) >= 11 is 0. The number of carbonyl (C=O) groups excluding carboxylic acids is 1. The van der Waals surface area contributed by atoms with Crippen LogP contribution in [-0.4, -0.2) is 33.3 Å². The summed E-state index contributed by atoms with van der Waals surface area (Å²) in [6, 6.07) is 3.33. The smallest absolute Gasteiger partial charge is 0.328 e. The maximum Gasteiger partial charge on any atom is 0.328 e. The fraction of sp³-hybridized carbons (Fsp3) is 0.417. The first-order valence-corrected chi connectivity index (χ1v) is 5.29. The molecule has 17 heavy (non-hydrogen) atoms. The second-order valence-electron chi connectivity index (χ2n) is 3.75. The summed E-state index contributed by atoms with van der Waals surface area (Å²) in [5.41, 5.74) is 1.83. The lowest BCUT2D eigenvalue weighted by Gasteiger charge is -2.10. The Morgan fingerprint density at radius 1 is 1.29 bits per heavy atom. The highest BCUT2D eigenvalue weighted by Gasteiger charge is 2.31. The highest BCUT2D eigenvalue weighted by Crippen LogP contribution is 2.40. The van der Waals surface area contributed by atoms with Crippen LogP contribution in [0.1, 0.15) is 5.56 Å². The molecule has 1 aromatic carbocycles. The van der Waals surface area contributed by atoms with Crippen molar-refractivity contribution in [1.82, 2.24) is 0 Å². The van der Waals surface area contributed by atoms with Crippen molar-refractivity contribution >= 4 is 11.7 Å². The first-order valence-electron chi connectivity index (χ1n) is 5.29. The molecule has 0 aliphatic carbocycles. The Hall–Kier alpha value is -1.91. The van der Waals surface area contributed by atoms with Gasteiger partial charge in [0.05, 0.1) is 21.3 Å². The van der Waals surface area contributed by atoms with Gasteiger partial charge in [0.25, 0.3) is 0 Å². The molecular formula is C12H15NO4. The van der Waals surface area contributed by atoms with Gasteiger partial charge in [-0.15, -0.1) is 0 Å². The second-order valence-corrected chi connectivity index (χ2v) is 3.75. The van der Waals surface area contributed by atoms with Crippen molar-refractivity contribution in [2.45, 2.75) is 12.5 Å². The molecule has 0 aromatic heterocycles. The zero-order chi connectivity index (χ0) is 12.4. The number of methoxy groups -OCH3 is 3. The van der Waals surface area contributed by atoms with Gasteiger partial charge in [-0.05, 0) is 12.1 Å². The standard InChI is InChI=1S/C12H15NO4/c1-15-10-5-4-8-7(11(10)16-2)6-9(13-8)12(14)17-3/h4-5,9,13H,6H2,1-3H3/t9-/m1/s1. The minimum Gasteiger partial charge on any atom is -0.493 e. The minimum atomic E-state index is -0.351. The molecule has 0 fully saturated rings. The quantitative estimate of drug-likeness (QED) is 0.801. The number of benzene rings is 1. The van der Waals surface area contributed by atoms with E-state index in [4.69, 9.17) is 14.2 Å². The highest BCUT2D eigenvalue weighted by atomic mass is 16.5. The van der Waals surface area contributed by atoms with Gasteiger partial charge in [-0.3, -0.25) is 0 Å². The normalized spacial score (nSPS) is 17.0. The van der Waals surface area contributed by atoms with E-state index >= 15 is 0 Å². The highest BCUT2D eigenvalue weighted by molar-refractivity contribution is 5.84. The number of esters is 1. The molecule has 5 nitrogen and oxygen atoms in total. The molecule has 2 rings (SSSR count). The van der Waals surface area contributed by atoms with Gasteiger partial charge in [0.1, 0.15) is 6.04 Å². The van der Waals surface area contributed by atoms with Gasteiger partial charge in [0.15, 0.2) is 11.5 Å². The number of hydrogen-bond acceptors (Lipinski definition) is 5. The maximum absolute atomic E-state index is 11.5. The van der Waals surface area contributed by atoms with Crippen LogP contribution in [0.25, 0.3) is 0 Å². The van der Waals surface area contributed by atoms with Crippen LogP contribution in [0, 0.1) is 0 Å². The third kappa shape index (κ3) is 1.88. The van der Waals surface area contributed by atoms with Gasteiger partial charge in [0.2, 0.25) is 0 Å². The third-order valence-electron chi connectivity index (χ3n) is 2.87. The van der Waals surface area contributed by atoms with Crippen LogP contribution < -0.4 is 14.8 Å². The zero-order valence-electron chi connectivity index (χ0n) is 10.1. The van der Waals surface area contributed by atoms with E-state index in [1.54, 1.807) is 14.2 Å². The van der Waals surface area contributed by atoms with E-state index in [0.717, 1.165) is 11.3 Å². The van der Waals surface area contributed by atoms with Crippen LogP contribution in [-0.2, 0) is 16.0 Å². The Labute approximate surface area is 99.7 Å². The average molecular weight is 237 g/mol. The fourth-order valence-electron chi connectivity index (χ4n) is 2.06. The monoisotopic (exact) mass is 237 g/mol. The van der Waals surface area contributed by atoms with Crippen LogP contribution in [0.3, 0.4) is 0 Å². The number of anilines is 1. The maximum atomic E-state index is 11.5. The summed E-state index contributed by atoms with van der Waals surface area (Å²) in [6.45, 7) is 0. The zero-order valence-corrected chi connectivity index (χ0v) is 10.1. The average Bonchev–Trinajstić information content (AvgIpc) is 2.80. The van der Waals surface area contributed by atoms with Crippen LogP contribution in [0.5, 0.6) is 11.5 Å². The molecule has 0 saturated heterocycles. The van der Waals surface area contributed by atoms with Gasteiger partial charge in [-0.25, -0.2) is 4.79 Å². The summed E-state index contributed by atoms with van der Waals surface area (Å²) in [4.78, 5) is 11.5. The first-order chi connectivity index (χ1) is 8.21. The number of carbonyl (C=O) groups is 1. The van der Waals surface area contributed by atoms with E-state index in [9.17, 15) is 4.79 Å². The Balaban J connectivity index is 2.35. The topological polar surface area (TPSA) is 56.8 Å². The number of nitrogens with one attached hydrogen (secondary N) is 1. The molecule has 5 heteroatoms. The SMILES string of the molecule is COC(=O)[C@H]1Cc2c(ccc(OC)c2OC)N1. The molecule has 1 atom stereocenters. The Kier molecular flexibility index (Phi) is 3.08. The van der Waals surface area contributed by atoms with Crippen molar-refractivity contribution in [3.63, 3.8) is 0 Å². The number of hydrogen-bond donors (Lipinski definition) is 1. The molecule has 0 amide bonds. The molecule has 1 N–H and O–H groups in total. The van der Waals surface area contributed by atoms with Gasteiger partial charge in [-0.1, -0.05) is 0 Å². The summed E-state index contributed by atoms with van der Waals surface area (Å²) in [7, 11) is 4.55. The Bertz CT molecular complexity index is 444. The summed E-state index contributed by atoms with van der Waals surface area (Å²) in [5, 5.41) is 3.10. The molecule has 0 bridgehead atoms. The molecule has 92 valence electrons. The summed E-state index contributed by atoms with van der Waals surface area (Å²) in [5.74, 6) is 1.06. The second kappa shape index (κ2) is 4.53. The fourth-order valence-corrected chi connectivity index (χ4v) is 2.06. The lowest BCUT2D eigenvalue weighted by atomic mass is 10.1. The summed E-state index contributed by atoms with van der Waals surface area (Å²) in [6.07, 6.45) is 0.544. The van der Waals surface area contributed by atoms with Gasteiger partial charge in [0, 0.05) is 17.7 Å². The van der Waals surface area contributed by atoms with E-state index in [0.29, 0.717) is 17.9 Å². The molecule has 1 heterocycles. The van der Waals surface area contributed by atoms with Crippen molar-refractivity contribution < 1.29 is 19.0 Å². The molecule has 0 spiro atoms. The van der Waals surface area contributed by atoms with E-state index in [1.165, 1.54) is 7.11 Å². The predicted molar refractivity (Wildman–Crippen MR) is 62.7 cm³/mol. The van der Waals surface area contributed by atoms with Crippen molar-refractivity contribution in [3.05, 3.63) is 17.7 Å². The van der Waals surface area contributed by atoms with Crippen LogP contribution >= 0.6 is 0 Å². The van der Waals surface area contributed by atoms with Crippen molar-refractivity contribution in [3.8, 4) is 11.5 Å². The molecule has 0 saturated carbocycles. The number of rotatable bonds is 3. The lowest BCUT2D eigenvalue weighted by molar-refractivity contribution is -0.141. The molecule has 0 radical (unpaired) electrons. The number of fused-ring (bicyclic) bond motifs is 1. The van der Waals surface area contributed by atoms with Crippen LogP contribution in [0.4, 0.5) is 5.69 Å². The van der Waals surface area contributed by atoms with E-state index in [-0.39, 0.29) is 12.0 Å². The Morgan fingerprint density at radius 2 is 2.06 bits per heavy atom. The van der Waals surface area contributed by atoms with Gasteiger partial charge < -0.3 is 19.5 Å².